The first-order valence-corrected chi connectivity index (χ1v) is 9.81. The summed E-state index contributed by atoms with van der Waals surface area (Å²) < 4.78 is 0. The van der Waals surface area contributed by atoms with E-state index in [9.17, 15) is 14.4 Å². The molecule has 0 spiro atoms. The maximum absolute atomic E-state index is 12.9. The van der Waals surface area contributed by atoms with Crippen LogP contribution in [0.4, 0.5) is 0 Å². The Hall–Kier alpha value is -3.41. The minimum atomic E-state index is -0.481. The summed E-state index contributed by atoms with van der Waals surface area (Å²) in [5.74, 6) is -1.07. The molecule has 0 unspecified atom stereocenters. The number of aromatic nitrogens is 1. The van der Waals surface area contributed by atoms with Crippen molar-refractivity contribution in [2.24, 2.45) is 0 Å². The van der Waals surface area contributed by atoms with E-state index in [1.807, 2.05) is 49.4 Å². The standard InChI is InChI=1S/C23H23N3O3/c1-15-20(18-9-5-6-10-19(18)24-15)21(27)23(29)26-13-11-17(12-14-26)25-22(28)16-7-3-2-4-8-16/h2-10,17,24H,11-14H2,1H3,(H,25,28). The van der Waals surface area contributed by atoms with Gasteiger partial charge in [0.25, 0.3) is 17.6 Å². The number of benzene rings is 2. The third-order valence-electron chi connectivity index (χ3n) is 5.47. The molecule has 29 heavy (non-hydrogen) atoms. The number of aromatic amines is 1. The van der Waals surface area contributed by atoms with Gasteiger partial charge in [0.05, 0.1) is 5.56 Å². The number of piperidine rings is 1. The Morgan fingerprint density at radius 2 is 1.62 bits per heavy atom. The van der Waals surface area contributed by atoms with Gasteiger partial charge in [0.1, 0.15) is 0 Å². The lowest BCUT2D eigenvalue weighted by Crippen LogP contribution is -2.48. The number of nitrogens with zero attached hydrogens (tertiary/aromatic N) is 1. The lowest BCUT2D eigenvalue weighted by Gasteiger charge is -2.32. The summed E-state index contributed by atoms with van der Waals surface area (Å²) in [4.78, 5) is 42.8. The second-order valence-electron chi connectivity index (χ2n) is 7.41. The van der Waals surface area contributed by atoms with Gasteiger partial charge in [-0.3, -0.25) is 14.4 Å². The molecule has 0 atom stereocenters. The van der Waals surface area contributed by atoms with Gasteiger partial charge in [-0.2, -0.15) is 0 Å². The van der Waals surface area contributed by atoms with E-state index in [0.29, 0.717) is 42.8 Å². The molecule has 1 aliphatic rings. The Labute approximate surface area is 168 Å². The zero-order valence-corrected chi connectivity index (χ0v) is 16.3. The van der Waals surface area contributed by atoms with Crippen molar-refractivity contribution in [3.8, 4) is 0 Å². The van der Waals surface area contributed by atoms with E-state index in [1.54, 1.807) is 17.0 Å². The highest BCUT2D eigenvalue weighted by molar-refractivity contribution is 6.45. The van der Waals surface area contributed by atoms with Crippen LogP contribution in [-0.4, -0.2) is 46.6 Å². The molecule has 148 valence electrons. The monoisotopic (exact) mass is 389 g/mol. The van der Waals surface area contributed by atoms with Gasteiger partial charge in [-0.15, -0.1) is 0 Å². The molecule has 1 aliphatic heterocycles. The van der Waals surface area contributed by atoms with Crippen LogP contribution in [-0.2, 0) is 4.79 Å². The van der Waals surface area contributed by atoms with E-state index in [2.05, 4.69) is 10.3 Å². The van der Waals surface area contributed by atoms with E-state index in [0.717, 1.165) is 10.9 Å². The first kappa shape index (κ1) is 18.9. The first-order valence-electron chi connectivity index (χ1n) is 9.81. The number of hydrogen-bond acceptors (Lipinski definition) is 3. The fraction of sp³-hybridized carbons (Fsp3) is 0.261. The molecule has 6 nitrogen and oxygen atoms in total. The van der Waals surface area contributed by atoms with Crippen LogP contribution >= 0.6 is 0 Å². The van der Waals surface area contributed by atoms with Crippen molar-refractivity contribution in [2.75, 3.05) is 13.1 Å². The minimum Gasteiger partial charge on any atom is -0.358 e. The smallest absolute Gasteiger partial charge is 0.295 e. The van der Waals surface area contributed by atoms with Crippen molar-refractivity contribution in [3.05, 3.63) is 71.4 Å². The van der Waals surface area contributed by atoms with Crippen LogP contribution in [0.25, 0.3) is 10.9 Å². The summed E-state index contributed by atoms with van der Waals surface area (Å²) >= 11 is 0. The molecule has 2 heterocycles. The van der Waals surface area contributed by atoms with Crippen LogP contribution in [0.5, 0.6) is 0 Å². The van der Waals surface area contributed by atoms with Gasteiger partial charge in [0.2, 0.25) is 0 Å². The highest BCUT2D eigenvalue weighted by Gasteiger charge is 2.30. The SMILES string of the molecule is Cc1[nH]c2ccccc2c1C(=O)C(=O)N1CCC(NC(=O)c2ccccc2)CC1. The molecule has 3 aromatic rings. The molecular weight excluding hydrogens is 366 g/mol. The van der Waals surface area contributed by atoms with Crippen LogP contribution < -0.4 is 5.32 Å². The molecular formula is C23H23N3O3. The molecule has 0 radical (unpaired) electrons. The highest BCUT2D eigenvalue weighted by Crippen LogP contribution is 2.23. The normalized spacial score (nSPS) is 14.7. The molecule has 1 saturated heterocycles. The largest absolute Gasteiger partial charge is 0.358 e. The number of aryl methyl sites for hydroxylation is 1. The van der Waals surface area contributed by atoms with Crippen molar-refractivity contribution in [3.63, 3.8) is 0 Å². The Morgan fingerprint density at radius 1 is 0.966 bits per heavy atom. The van der Waals surface area contributed by atoms with Crippen LogP contribution in [0.15, 0.2) is 54.6 Å². The fourth-order valence-corrected chi connectivity index (χ4v) is 3.90. The average Bonchev–Trinajstić information content (AvgIpc) is 3.09. The molecule has 1 aromatic heterocycles. The molecule has 2 aromatic carbocycles. The van der Waals surface area contributed by atoms with Gasteiger partial charge in [0.15, 0.2) is 0 Å². The number of fused-ring (bicyclic) bond motifs is 1. The van der Waals surface area contributed by atoms with Gasteiger partial charge in [-0.05, 0) is 38.0 Å². The second kappa shape index (κ2) is 7.91. The summed E-state index contributed by atoms with van der Waals surface area (Å²) in [6, 6.07) is 16.6. The molecule has 0 aliphatic carbocycles. The summed E-state index contributed by atoms with van der Waals surface area (Å²) in [5.41, 5.74) is 2.62. The number of likely N-dealkylation sites (tertiary alicyclic amines) is 1. The first-order chi connectivity index (χ1) is 14.0. The Kier molecular flexibility index (Phi) is 5.16. The maximum Gasteiger partial charge on any atom is 0.295 e. The summed E-state index contributed by atoms with van der Waals surface area (Å²) in [5, 5.41) is 3.79. The zero-order valence-electron chi connectivity index (χ0n) is 16.3. The number of carbonyl (C=O) groups excluding carboxylic acids is 3. The predicted octanol–water partition coefficient (Wildman–Crippen LogP) is 3.08. The molecule has 2 N–H and O–H groups in total. The number of para-hydroxylation sites is 1. The Bertz CT molecular complexity index is 1060. The number of hydrogen-bond donors (Lipinski definition) is 2. The number of amides is 2. The van der Waals surface area contributed by atoms with E-state index in [-0.39, 0.29) is 11.9 Å². The quantitative estimate of drug-likeness (QED) is 0.531. The van der Waals surface area contributed by atoms with Crippen molar-refractivity contribution >= 4 is 28.5 Å². The van der Waals surface area contributed by atoms with E-state index in [1.165, 1.54) is 0 Å². The number of H-pyrrole nitrogens is 1. The van der Waals surface area contributed by atoms with Gasteiger partial charge >= 0.3 is 0 Å². The molecule has 4 rings (SSSR count). The van der Waals surface area contributed by atoms with Crippen LogP contribution in [0.3, 0.4) is 0 Å². The Morgan fingerprint density at radius 3 is 2.34 bits per heavy atom. The van der Waals surface area contributed by atoms with Crippen molar-refractivity contribution in [1.82, 2.24) is 15.2 Å². The maximum atomic E-state index is 12.9. The second-order valence-corrected chi connectivity index (χ2v) is 7.41. The number of ketones is 1. The molecule has 6 heteroatoms. The molecule has 0 bridgehead atoms. The third kappa shape index (κ3) is 3.78. The van der Waals surface area contributed by atoms with Crippen LogP contribution in [0.1, 0.15) is 39.3 Å². The van der Waals surface area contributed by atoms with E-state index in [4.69, 9.17) is 0 Å². The topological polar surface area (TPSA) is 82.3 Å². The number of carbonyl (C=O) groups is 3. The fourth-order valence-electron chi connectivity index (χ4n) is 3.90. The lowest BCUT2D eigenvalue weighted by atomic mass is 10.0. The molecule has 2 amide bonds. The number of nitrogens with one attached hydrogen (secondary N) is 2. The molecule has 1 fully saturated rings. The third-order valence-corrected chi connectivity index (χ3v) is 5.47. The number of Topliss-reactive ketones (excluding diaryl/α,β-unsaturated/α-hetero) is 1. The molecule has 0 saturated carbocycles. The predicted molar refractivity (Wildman–Crippen MR) is 111 cm³/mol. The van der Waals surface area contributed by atoms with Gasteiger partial charge in [-0.1, -0.05) is 36.4 Å². The summed E-state index contributed by atoms with van der Waals surface area (Å²) in [6.45, 7) is 2.71. The lowest BCUT2D eigenvalue weighted by molar-refractivity contribution is -0.127. The minimum absolute atomic E-state index is 0.00307. The zero-order chi connectivity index (χ0) is 20.4. The van der Waals surface area contributed by atoms with E-state index < -0.39 is 11.7 Å². The summed E-state index contributed by atoms with van der Waals surface area (Å²) in [7, 11) is 0. The van der Waals surface area contributed by atoms with Gasteiger partial charge in [-0.25, -0.2) is 0 Å². The Balaban J connectivity index is 1.39. The van der Waals surface area contributed by atoms with Crippen molar-refractivity contribution in [1.29, 1.82) is 0 Å². The van der Waals surface area contributed by atoms with Gasteiger partial charge in [0, 0.05) is 41.3 Å². The van der Waals surface area contributed by atoms with E-state index >= 15 is 0 Å². The van der Waals surface area contributed by atoms with Crippen molar-refractivity contribution in [2.45, 2.75) is 25.8 Å². The average molecular weight is 389 g/mol. The van der Waals surface area contributed by atoms with Crippen LogP contribution in [0, 0.1) is 6.92 Å². The van der Waals surface area contributed by atoms with Crippen LogP contribution in [0.2, 0.25) is 0 Å². The number of rotatable bonds is 4. The van der Waals surface area contributed by atoms with Crippen molar-refractivity contribution < 1.29 is 14.4 Å². The van der Waals surface area contributed by atoms with Gasteiger partial charge < -0.3 is 15.2 Å². The summed E-state index contributed by atoms with van der Waals surface area (Å²) in [6.07, 6.45) is 1.26. The highest BCUT2D eigenvalue weighted by atomic mass is 16.2.